The summed E-state index contributed by atoms with van der Waals surface area (Å²) in [6.45, 7) is 7.94. The van der Waals surface area contributed by atoms with Crippen LogP contribution in [0, 0.1) is 5.92 Å². The number of nitrogens with one attached hydrogen (secondary N) is 1. The van der Waals surface area contributed by atoms with E-state index < -0.39 is 9.70 Å². The Morgan fingerprint density at radius 1 is 1.47 bits per heavy atom. The molecular formula is C12H16Cl3NO. The number of allylic oxidation sites excluding steroid dienone is 3. The maximum absolute atomic E-state index is 11.6. The first-order chi connectivity index (χ1) is 7.71. The van der Waals surface area contributed by atoms with Crippen molar-refractivity contribution in [2.75, 3.05) is 0 Å². The number of halogens is 3. The van der Waals surface area contributed by atoms with Crippen molar-refractivity contribution in [3.8, 4) is 0 Å². The van der Waals surface area contributed by atoms with Crippen LogP contribution in [0.25, 0.3) is 0 Å². The largest absolute Gasteiger partial charge is 0.326 e. The monoisotopic (exact) mass is 295 g/mol. The van der Waals surface area contributed by atoms with E-state index in [0.717, 1.165) is 36.1 Å². The van der Waals surface area contributed by atoms with Crippen molar-refractivity contribution in [3.05, 3.63) is 23.4 Å². The topological polar surface area (TPSA) is 29.1 Å². The van der Waals surface area contributed by atoms with Gasteiger partial charge in [-0.25, -0.2) is 0 Å². The first kappa shape index (κ1) is 14.9. The van der Waals surface area contributed by atoms with Crippen molar-refractivity contribution in [1.29, 1.82) is 0 Å². The van der Waals surface area contributed by atoms with Crippen LogP contribution in [0.3, 0.4) is 0 Å². The van der Waals surface area contributed by atoms with Crippen LogP contribution < -0.4 is 5.32 Å². The molecule has 0 unspecified atom stereocenters. The molecule has 0 heterocycles. The minimum atomic E-state index is -1.91. The Kier molecular flexibility index (Phi) is 4.94. The van der Waals surface area contributed by atoms with Gasteiger partial charge in [-0.1, -0.05) is 52.5 Å². The lowest BCUT2D eigenvalue weighted by Gasteiger charge is -2.27. The second-order valence-electron chi connectivity index (χ2n) is 4.50. The molecule has 0 spiro atoms. The van der Waals surface area contributed by atoms with Crippen LogP contribution in [0.4, 0.5) is 0 Å². The number of hydrogen-bond donors (Lipinski definition) is 1. The number of carbonyl (C=O) groups is 1. The van der Waals surface area contributed by atoms with E-state index in [-0.39, 0.29) is 0 Å². The molecule has 0 saturated carbocycles. The molecule has 0 aromatic rings. The summed E-state index contributed by atoms with van der Waals surface area (Å²) in [6.07, 6.45) is 2.76. The molecule has 5 heteroatoms. The molecule has 0 radical (unpaired) electrons. The van der Waals surface area contributed by atoms with Crippen molar-refractivity contribution in [3.63, 3.8) is 0 Å². The number of amides is 1. The minimum absolute atomic E-state index is 0.393. The van der Waals surface area contributed by atoms with E-state index in [0.29, 0.717) is 5.92 Å². The molecule has 1 atom stereocenters. The summed E-state index contributed by atoms with van der Waals surface area (Å²) < 4.78 is -1.91. The van der Waals surface area contributed by atoms with Crippen LogP contribution in [-0.2, 0) is 4.79 Å². The molecule has 1 aliphatic carbocycles. The van der Waals surface area contributed by atoms with Gasteiger partial charge in [-0.05, 0) is 39.0 Å². The summed E-state index contributed by atoms with van der Waals surface area (Å²) >= 11 is 16.6. The molecule has 2 nitrogen and oxygen atoms in total. The molecule has 1 N–H and O–H groups in total. The molecule has 0 aromatic carbocycles. The van der Waals surface area contributed by atoms with Gasteiger partial charge in [0.1, 0.15) is 0 Å². The lowest BCUT2D eigenvalue weighted by molar-refractivity contribution is -0.119. The summed E-state index contributed by atoms with van der Waals surface area (Å²) in [5, 5.41) is 2.70. The normalized spacial score (nSPS) is 21.4. The van der Waals surface area contributed by atoms with Gasteiger partial charge < -0.3 is 5.32 Å². The molecule has 17 heavy (non-hydrogen) atoms. The molecule has 0 saturated heterocycles. The third-order valence-electron chi connectivity index (χ3n) is 3.05. The van der Waals surface area contributed by atoms with Gasteiger partial charge in [0.25, 0.3) is 9.70 Å². The van der Waals surface area contributed by atoms with Crippen molar-refractivity contribution >= 4 is 40.7 Å². The van der Waals surface area contributed by atoms with E-state index in [2.05, 4.69) is 11.9 Å². The Morgan fingerprint density at radius 3 is 2.53 bits per heavy atom. The van der Waals surface area contributed by atoms with Crippen LogP contribution in [0.15, 0.2) is 23.4 Å². The minimum Gasteiger partial charge on any atom is -0.326 e. The van der Waals surface area contributed by atoms with Gasteiger partial charge in [0.05, 0.1) is 0 Å². The second kappa shape index (κ2) is 5.64. The van der Waals surface area contributed by atoms with E-state index in [4.69, 9.17) is 34.8 Å². The predicted molar refractivity (Wildman–Crippen MR) is 73.3 cm³/mol. The summed E-state index contributed by atoms with van der Waals surface area (Å²) in [5.41, 5.74) is 3.13. The average molecular weight is 297 g/mol. The fourth-order valence-corrected chi connectivity index (χ4v) is 1.99. The molecule has 96 valence electrons. The first-order valence-electron chi connectivity index (χ1n) is 5.44. The van der Waals surface area contributed by atoms with Crippen LogP contribution >= 0.6 is 34.8 Å². The lowest BCUT2D eigenvalue weighted by atomic mass is 9.84. The summed E-state index contributed by atoms with van der Waals surface area (Å²) in [6, 6.07) is 0. The maximum atomic E-state index is 11.6. The summed E-state index contributed by atoms with van der Waals surface area (Å²) in [5.74, 6) is -0.205. The summed E-state index contributed by atoms with van der Waals surface area (Å²) in [4.78, 5) is 11.6. The van der Waals surface area contributed by atoms with Gasteiger partial charge in [0.15, 0.2) is 0 Å². The Labute approximate surface area is 117 Å². The molecule has 0 aromatic heterocycles. The zero-order chi connectivity index (χ0) is 13.2. The smallest absolute Gasteiger partial charge is 0.276 e. The van der Waals surface area contributed by atoms with E-state index in [1.54, 1.807) is 0 Å². The fourth-order valence-electron chi connectivity index (χ4n) is 1.85. The van der Waals surface area contributed by atoms with Crippen LogP contribution in [-0.4, -0.2) is 9.70 Å². The summed E-state index contributed by atoms with van der Waals surface area (Å²) in [7, 11) is 0. The second-order valence-corrected chi connectivity index (χ2v) is 6.78. The quantitative estimate of drug-likeness (QED) is 0.602. The number of rotatable bonds is 2. The molecule has 0 fully saturated rings. The Morgan fingerprint density at radius 2 is 2.06 bits per heavy atom. The SMILES string of the molecule is C=C(C)[C@@H]1CCC(C)=C(NC(=O)C(Cl)(Cl)Cl)C1. The fraction of sp³-hybridized carbons (Fsp3) is 0.583. The van der Waals surface area contributed by atoms with Gasteiger partial charge in [-0.2, -0.15) is 0 Å². The molecule has 1 amide bonds. The number of hydrogen-bond acceptors (Lipinski definition) is 1. The zero-order valence-corrected chi connectivity index (χ0v) is 12.2. The lowest BCUT2D eigenvalue weighted by Crippen LogP contribution is -2.36. The first-order valence-corrected chi connectivity index (χ1v) is 6.57. The van der Waals surface area contributed by atoms with E-state index >= 15 is 0 Å². The zero-order valence-electron chi connectivity index (χ0n) is 9.95. The van der Waals surface area contributed by atoms with Crippen LogP contribution in [0.5, 0.6) is 0 Å². The highest BCUT2D eigenvalue weighted by Gasteiger charge is 2.32. The third-order valence-corrected chi connectivity index (χ3v) is 3.57. The Balaban J connectivity index is 2.76. The van der Waals surface area contributed by atoms with Crippen LogP contribution in [0.1, 0.15) is 33.1 Å². The molecular weight excluding hydrogens is 280 g/mol. The van der Waals surface area contributed by atoms with Gasteiger partial charge >= 0.3 is 0 Å². The molecule has 0 aliphatic heterocycles. The van der Waals surface area contributed by atoms with Crippen molar-refractivity contribution in [2.45, 2.75) is 36.9 Å². The van der Waals surface area contributed by atoms with Crippen molar-refractivity contribution < 1.29 is 4.79 Å². The van der Waals surface area contributed by atoms with Crippen molar-refractivity contribution in [2.24, 2.45) is 5.92 Å². The standard InChI is InChI=1S/C12H16Cl3NO/c1-7(2)9-5-4-8(3)10(6-9)16-11(17)12(13,14)15/h9H,1,4-6H2,2-3H3,(H,16,17)/t9-/m1/s1. The Hall–Kier alpha value is -0.180. The van der Waals surface area contributed by atoms with E-state index in [1.807, 2.05) is 13.8 Å². The number of carbonyl (C=O) groups excluding carboxylic acids is 1. The average Bonchev–Trinajstić information content (AvgIpc) is 2.19. The van der Waals surface area contributed by atoms with Gasteiger partial charge in [-0.15, -0.1) is 0 Å². The predicted octanol–water partition coefficient (Wildman–Crippen LogP) is 4.12. The maximum Gasteiger partial charge on any atom is 0.276 e. The van der Waals surface area contributed by atoms with Gasteiger partial charge in [0, 0.05) is 5.70 Å². The molecule has 1 rings (SSSR count). The van der Waals surface area contributed by atoms with E-state index in [1.165, 1.54) is 0 Å². The van der Waals surface area contributed by atoms with Crippen molar-refractivity contribution in [1.82, 2.24) is 5.32 Å². The highest BCUT2D eigenvalue weighted by molar-refractivity contribution is 6.76. The van der Waals surface area contributed by atoms with E-state index in [9.17, 15) is 4.79 Å². The third kappa shape index (κ3) is 4.20. The molecule has 1 aliphatic rings. The van der Waals surface area contributed by atoms with Gasteiger partial charge in [-0.3, -0.25) is 4.79 Å². The number of alkyl halides is 3. The highest BCUT2D eigenvalue weighted by Crippen LogP contribution is 2.33. The highest BCUT2D eigenvalue weighted by atomic mass is 35.6. The van der Waals surface area contributed by atoms with Crippen LogP contribution in [0.2, 0.25) is 0 Å². The molecule has 0 bridgehead atoms. The van der Waals surface area contributed by atoms with Gasteiger partial charge in [0.2, 0.25) is 0 Å². The Bertz CT molecular complexity index is 368.